The van der Waals surface area contributed by atoms with Crippen molar-refractivity contribution in [3.63, 3.8) is 0 Å². The first-order chi connectivity index (χ1) is 28.8. The Kier molecular flexibility index (Phi) is 12.0. The van der Waals surface area contributed by atoms with Crippen molar-refractivity contribution in [2.45, 2.75) is 122 Å². The van der Waals surface area contributed by atoms with Gasteiger partial charge in [0.15, 0.2) is 5.78 Å². The molecule has 6 aliphatic rings. The van der Waals surface area contributed by atoms with Crippen LogP contribution in [-0.4, -0.2) is 51.7 Å². The molecule has 0 spiro atoms. The molecule has 3 N–H and O–H groups in total. The van der Waals surface area contributed by atoms with Crippen LogP contribution in [0.25, 0.3) is 11.1 Å². The summed E-state index contributed by atoms with van der Waals surface area (Å²) >= 11 is 0. The second kappa shape index (κ2) is 17.1. The lowest BCUT2D eigenvalue weighted by Gasteiger charge is -2.60. The van der Waals surface area contributed by atoms with Crippen LogP contribution in [0.4, 0.5) is 4.79 Å². The molecule has 4 fully saturated rings. The number of aliphatic hydroxyl groups excluding tert-OH is 1. The van der Waals surface area contributed by atoms with Gasteiger partial charge in [-0.1, -0.05) is 129 Å². The molecule has 4 bridgehead atoms. The van der Waals surface area contributed by atoms with Gasteiger partial charge in [0.05, 0.1) is 24.3 Å². The van der Waals surface area contributed by atoms with Gasteiger partial charge in [-0.05, 0) is 141 Å². The van der Waals surface area contributed by atoms with E-state index in [0.29, 0.717) is 61.6 Å². The van der Waals surface area contributed by atoms with Gasteiger partial charge in [0, 0.05) is 23.1 Å². The number of fused-ring (bicyclic) bond motifs is 10. The summed E-state index contributed by atoms with van der Waals surface area (Å²) in [5.41, 5.74) is 6.00. The number of benzene rings is 4. The fourth-order valence-electron chi connectivity index (χ4n) is 11.9. The minimum atomic E-state index is -1.21. The molecule has 6 nitrogen and oxygen atoms in total. The number of carbonyl (C=O) groups excluding carboxylic acids is 2. The van der Waals surface area contributed by atoms with Crippen molar-refractivity contribution in [3.05, 3.63) is 143 Å². The lowest BCUT2D eigenvalue weighted by Crippen LogP contribution is -2.59. The molecular weight excluding hydrogens is 741 g/mol. The van der Waals surface area contributed by atoms with Gasteiger partial charge in [0.1, 0.15) is 0 Å². The molecule has 316 valence electrons. The van der Waals surface area contributed by atoms with E-state index in [2.05, 4.69) is 75.5 Å². The van der Waals surface area contributed by atoms with Crippen molar-refractivity contribution in [3.8, 4) is 11.1 Å². The lowest BCUT2D eigenvalue weighted by molar-refractivity contribution is -0.118. The molecule has 0 heterocycles. The third-order valence-corrected chi connectivity index (χ3v) is 16.0. The van der Waals surface area contributed by atoms with Crippen LogP contribution < -0.4 is 5.32 Å². The highest BCUT2D eigenvalue weighted by Crippen LogP contribution is 2.62. The average molecular weight is 807 g/mol. The number of carbonyl (C=O) groups is 2. The van der Waals surface area contributed by atoms with Crippen molar-refractivity contribution >= 4 is 11.8 Å². The number of nitrogens with one attached hydrogen (secondary N) is 1. The van der Waals surface area contributed by atoms with Crippen molar-refractivity contribution in [1.29, 1.82) is 0 Å². The summed E-state index contributed by atoms with van der Waals surface area (Å²) < 4.78 is 0. The van der Waals surface area contributed by atoms with E-state index in [9.17, 15) is 19.8 Å². The van der Waals surface area contributed by atoms with Gasteiger partial charge >= 0.3 is 6.03 Å². The Morgan fingerprint density at radius 1 is 0.850 bits per heavy atom. The molecule has 60 heavy (non-hydrogen) atoms. The molecular formula is C54H66N2O4. The number of urea groups is 1. The van der Waals surface area contributed by atoms with Crippen molar-refractivity contribution in [1.82, 2.24) is 10.2 Å². The van der Waals surface area contributed by atoms with Gasteiger partial charge in [0.2, 0.25) is 0 Å². The number of allylic oxidation sites excluding steroid dienone is 2. The molecule has 4 aromatic carbocycles. The number of hydrogen-bond acceptors (Lipinski definition) is 4. The number of nitrogens with zero attached hydrogens (tertiary/aromatic N) is 1. The van der Waals surface area contributed by atoms with E-state index >= 15 is 0 Å². The zero-order valence-electron chi connectivity index (χ0n) is 36.5. The third-order valence-electron chi connectivity index (χ3n) is 16.0. The lowest BCUT2D eigenvalue weighted by atomic mass is 9.45. The molecule has 6 aliphatic carbocycles. The van der Waals surface area contributed by atoms with Gasteiger partial charge in [-0.2, -0.15) is 0 Å². The highest BCUT2D eigenvalue weighted by atomic mass is 16.3. The Hall–Kier alpha value is -4.52. The summed E-state index contributed by atoms with van der Waals surface area (Å²) in [6, 6.07) is 34.1. The van der Waals surface area contributed by atoms with Crippen LogP contribution >= 0.6 is 0 Å². The van der Waals surface area contributed by atoms with Gasteiger partial charge < -0.3 is 20.4 Å². The fourth-order valence-corrected chi connectivity index (χ4v) is 11.9. The quantitative estimate of drug-likeness (QED) is 0.116. The first kappa shape index (κ1) is 42.2. The molecule has 0 aromatic heterocycles. The van der Waals surface area contributed by atoms with Crippen LogP contribution in [0, 0.1) is 28.6 Å². The van der Waals surface area contributed by atoms with Gasteiger partial charge in [-0.15, -0.1) is 0 Å². The summed E-state index contributed by atoms with van der Waals surface area (Å²) in [4.78, 5) is 31.5. The fraction of sp³-hybridized carbons (Fsp3) is 0.481. The topological polar surface area (TPSA) is 89.9 Å². The van der Waals surface area contributed by atoms with E-state index in [4.69, 9.17) is 0 Å². The van der Waals surface area contributed by atoms with Crippen LogP contribution in [-0.2, 0) is 6.42 Å². The Labute approximate surface area is 358 Å². The van der Waals surface area contributed by atoms with Crippen LogP contribution in [0.3, 0.4) is 0 Å². The molecule has 0 radical (unpaired) electrons. The van der Waals surface area contributed by atoms with Crippen LogP contribution in [0.15, 0.2) is 115 Å². The number of amides is 2. The Morgan fingerprint density at radius 2 is 1.55 bits per heavy atom. The van der Waals surface area contributed by atoms with Crippen LogP contribution in [0.2, 0.25) is 0 Å². The summed E-state index contributed by atoms with van der Waals surface area (Å²) in [7, 11) is 0. The zero-order chi connectivity index (χ0) is 42.2. The maximum atomic E-state index is 14.8. The molecule has 2 amide bonds. The third kappa shape index (κ3) is 8.27. The SMILES string of the molecule is CC1=CCC[C@@]2(C)[C@@H](CC[C@@]2(O)CN(C[C@@H]2CC[C@H]3C[C@@H]2C3(C)C)C(=O)N[C@H](C)c2ccccc2)c2ccc(cc2C(=O)c2ccc(-c3ccccc3)cc2)C[C@@H](O)CC1. The highest BCUT2D eigenvalue weighted by molar-refractivity contribution is 6.10. The number of ketones is 1. The first-order valence-electron chi connectivity index (χ1n) is 22.8. The predicted molar refractivity (Wildman–Crippen MR) is 242 cm³/mol. The van der Waals surface area contributed by atoms with E-state index in [1.54, 1.807) is 0 Å². The van der Waals surface area contributed by atoms with Crippen LogP contribution in [0.1, 0.15) is 137 Å². The molecule has 10 rings (SSSR count). The maximum Gasteiger partial charge on any atom is 0.317 e. The smallest absolute Gasteiger partial charge is 0.317 e. The monoisotopic (exact) mass is 807 g/mol. The van der Waals surface area contributed by atoms with Crippen molar-refractivity contribution in [2.24, 2.45) is 28.6 Å². The minimum Gasteiger partial charge on any atom is -0.393 e. The minimum absolute atomic E-state index is 0.0452. The van der Waals surface area contributed by atoms with E-state index < -0.39 is 17.1 Å². The van der Waals surface area contributed by atoms with E-state index in [-0.39, 0.29) is 35.7 Å². The van der Waals surface area contributed by atoms with Crippen molar-refractivity contribution < 1.29 is 19.8 Å². The summed E-state index contributed by atoms with van der Waals surface area (Å²) in [5, 5.41) is 27.9. The Balaban J connectivity index is 1.16. The second-order valence-corrected chi connectivity index (χ2v) is 19.9. The first-order valence-corrected chi connectivity index (χ1v) is 22.8. The van der Waals surface area contributed by atoms with Gasteiger partial charge in [0.25, 0.3) is 0 Å². The normalized spacial score (nSPS) is 29.0. The maximum absolute atomic E-state index is 14.8. The molecule has 6 heteroatoms. The Morgan fingerprint density at radius 3 is 2.25 bits per heavy atom. The summed E-state index contributed by atoms with van der Waals surface area (Å²) in [6.45, 7) is 12.1. The molecule has 8 atom stereocenters. The number of hydrogen-bond donors (Lipinski definition) is 3. The highest BCUT2D eigenvalue weighted by Gasteiger charge is 2.59. The van der Waals surface area contributed by atoms with Crippen LogP contribution in [0.5, 0.6) is 0 Å². The summed E-state index contributed by atoms with van der Waals surface area (Å²) in [6.07, 6.45) is 9.88. The van der Waals surface area contributed by atoms with Gasteiger partial charge in [-0.25, -0.2) is 4.79 Å². The Bertz CT molecular complexity index is 2180. The van der Waals surface area contributed by atoms with E-state index in [0.717, 1.165) is 53.0 Å². The summed E-state index contributed by atoms with van der Waals surface area (Å²) in [5.74, 6) is 1.53. The molecule has 4 aromatic rings. The second-order valence-electron chi connectivity index (χ2n) is 19.9. The molecule has 0 saturated heterocycles. The molecule has 4 saturated carbocycles. The average Bonchev–Trinajstić information content (AvgIpc) is 3.51. The number of aliphatic hydroxyl groups is 2. The van der Waals surface area contributed by atoms with E-state index in [1.165, 1.54) is 18.4 Å². The van der Waals surface area contributed by atoms with Crippen molar-refractivity contribution in [2.75, 3.05) is 13.1 Å². The molecule has 0 unspecified atom stereocenters. The number of rotatable bonds is 9. The van der Waals surface area contributed by atoms with Gasteiger partial charge in [-0.3, -0.25) is 4.79 Å². The standard InChI is InChI=1S/C54H66N2O4/c1-36-13-12-29-53(5)48(46-27-19-38(31-45(57)26-18-36)32-47(46)50(58)42-22-20-41(21-23-42)40-16-10-7-11-17-40)28-30-54(53,60)35-56(34-43-24-25-44-33-49(43)52(44,3)4)51(59)55-37(2)39-14-8-6-9-15-39/h6-11,13-17,19-23,27,32,37,43-45,48-49,57,60H,12,18,24-26,28-31,33-35H2,1-5H3,(H,55,59)/t37-,43+,44+,45+,48+,49+,53+,54-/m1/s1. The predicted octanol–water partition coefficient (Wildman–Crippen LogP) is 11.5. The zero-order valence-corrected chi connectivity index (χ0v) is 36.5. The largest absolute Gasteiger partial charge is 0.393 e. The molecule has 0 aliphatic heterocycles. The van der Waals surface area contributed by atoms with E-state index in [1.807, 2.05) is 78.6 Å².